The lowest BCUT2D eigenvalue weighted by Gasteiger charge is -2.09. The second-order valence-corrected chi connectivity index (χ2v) is 4.25. The van der Waals surface area contributed by atoms with Crippen molar-refractivity contribution in [3.8, 4) is 0 Å². The molecule has 1 fully saturated rings. The van der Waals surface area contributed by atoms with Crippen LogP contribution in [0.4, 0.5) is 15.8 Å². The van der Waals surface area contributed by atoms with Gasteiger partial charge in [0.2, 0.25) is 5.91 Å². The van der Waals surface area contributed by atoms with Crippen LogP contribution in [0.1, 0.15) is 19.3 Å². The summed E-state index contributed by atoms with van der Waals surface area (Å²) in [7, 11) is 0. The van der Waals surface area contributed by atoms with Gasteiger partial charge in [-0.15, -0.1) is 0 Å². The van der Waals surface area contributed by atoms with Gasteiger partial charge < -0.3 is 16.4 Å². The first kappa shape index (κ1) is 11.7. The van der Waals surface area contributed by atoms with Gasteiger partial charge in [0.1, 0.15) is 5.82 Å². The summed E-state index contributed by atoms with van der Waals surface area (Å²) in [5, 5.41) is 5.83. The Hall–Kier alpha value is -1.78. The Morgan fingerprint density at radius 2 is 2.24 bits per heavy atom. The topological polar surface area (TPSA) is 67.1 Å². The monoisotopic (exact) mass is 237 g/mol. The van der Waals surface area contributed by atoms with Gasteiger partial charge in [0.05, 0.1) is 11.4 Å². The quantitative estimate of drug-likeness (QED) is 0.680. The maximum Gasteiger partial charge on any atom is 0.221 e. The van der Waals surface area contributed by atoms with E-state index in [4.69, 9.17) is 5.73 Å². The Labute approximate surface area is 99.4 Å². The van der Waals surface area contributed by atoms with Gasteiger partial charge in [0.15, 0.2) is 0 Å². The second kappa shape index (κ2) is 5.03. The number of nitrogen functional groups attached to an aromatic ring is 1. The van der Waals surface area contributed by atoms with Crippen LogP contribution in [-0.4, -0.2) is 18.5 Å². The van der Waals surface area contributed by atoms with Gasteiger partial charge >= 0.3 is 0 Å². The summed E-state index contributed by atoms with van der Waals surface area (Å²) in [5.74, 6) is -0.320. The molecule has 4 nitrogen and oxygen atoms in total. The molecule has 0 aliphatic heterocycles. The molecule has 1 aromatic carbocycles. The normalized spacial score (nSPS) is 14.4. The highest BCUT2D eigenvalue weighted by Gasteiger charge is 2.22. The van der Waals surface area contributed by atoms with E-state index in [0.29, 0.717) is 30.4 Å². The number of anilines is 2. The molecule has 92 valence electrons. The van der Waals surface area contributed by atoms with E-state index in [-0.39, 0.29) is 11.7 Å². The molecule has 0 bridgehead atoms. The van der Waals surface area contributed by atoms with Crippen molar-refractivity contribution in [3.63, 3.8) is 0 Å². The first-order valence-electron chi connectivity index (χ1n) is 5.73. The van der Waals surface area contributed by atoms with Crippen molar-refractivity contribution >= 4 is 17.3 Å². The number of benzene rings is 1. The van der Waals surface area contributed by atoms with Crippen LogP contribution in [0.3, 0.4) is 0 Å². The zero-order valence-electron chi connectivity index (χ0n) is 9.50. The molecule has 0 aromatic heterocycles. The lowest BCUT2D eigenvalue weighted by molar-refractivity contribution is -0.120. The van der Waals surface area contributed by atoms with Crippen molar-refractivity contribution in [1.29, 1.82) is 0 Å². The number of hydrogen-bond donors (Lipinski definition) is 3. The number of nitrogens with two attached hydrogens (primary N) is 1. The largest absolute Gasteiger partial charge is 0.397 e. The van der Waals surface area contributed by atoms with Crippen LogP contribution in [0.5, 0.6) is 0 Å². The first-order chi connectivity index (χ1) is 8.15. The van der Waals surface area contributed by atoms with Gasteiger partial charge in [0.25, 0.3) is 0 Å². The average Bonchev–Trinajstić information content (AvgIpc) is 3.07. The molecule has 1 aliphatic rings. The predicted molar refractivity (Wildman–Crippen MR) is 65.1 cm³/mol. The van der Waals surface area contributed by atoms with Crippen molar-refractivity contribution in [2.45, 2.75) is 25.3 Å². The molecule has 0 heterocycles. The Morgan fingerprint density at radius 1 is 1.47 bits per heavy atom. The van der Waals surface area contributed by atoms with Crippen LogP contribution in [0.2, 0.25) is 0 Å². The highest BCUT2D eigenvalue weighted by atomic mass is 19.1. The van der Waals surface area contributed by atoms with Gasteiger partial charge in [-0.05, 0) is 31.0 Å². The maximum absolute atomic E-state index is 12.9. The lowest BCUT2D eigenvalue weighted by Crippen LogP contribution is -2.27. The molecule has 0 radical (unpaired) electrons. The van der Waals surface area contributed by atoms with Crippen molar-refractivity contribution < 1.29 is 9.18 Å². The number of halogens is 1. The lowest BCUT2D eigenvalue weighted by atomic mass is 10.2. The summed E-state index contributed by atoms with van der Waals surface area (Å²) in [6.07, 6.45) is 2.53. The smallest absolute Gasteiger partial charge is 0.221 e. The van der Waals surface area contributed by atoms with Gasteiger partial charge in [-0.2, -0.15) is 0 Å². The fraction of sp³-hybridized carbons (Fsp3) is 0.417. The first-order valence-corrected chi connectivity index (χ1v) is 5.73. The number of amides is 1. The second-order valence-electron chi connectivity index (χ2n) is 4.25. The van der Waals surface area contributed by atoms with E-state index in [2.05, 4.69) is 10.6 Å². The number of rotatable bonds is 5. The molecule has 17 heavy (non-hydrogen) atoms. The minimum Gasteiger partial charge on any atom is -0.397 e. The molecule has 1 aromatic rings. The molecule has 1 amide bonds. The van der Waals surface area contributed by atoms with Crippen LogP contribution >= 0.6 is 0 Å². The maximum atomic E-state index is 12.9. The minimum atomic E-state index is -0.343. The Kier molecular flexibility index (Phi) is 3.46. The fourth-order valence-electron chi connectivity index (χ4n) is 1.52. The SMILES string of the molecule is Nc1ccc(F)cc1NCCC(=O)NC1CC1. The van der Waals surface area contributed by atoms with E-state index < -0.39 is 0 Å². The summed E-state index contributed by atoms with van der Waals surface area (Å²) in [5.41, 5.74) is 6.68. The molecule has 4 N–H and O–H groups in total. The molecule has 0 atom stereocenters. The van der Waals surface area contributed by atoms with Crippen LogP contribution in [0, 0.1) is 5.82 Å². The van der Waals surface area contributed by atoms with Gasteiger partial charge in [-0.1, -0.05) is 0 Å². The number of carbonyl (C=O) groups excluding carboxylic acids is 1. The molecule has 5 heteroatoms. The molecule has 0 saturated heterocycles. The Morgan fingerprint density at radius 3 is 2.94 bits per heavy atom. The van der Waals surface area contributed by atoms with E-state index >= 15 is 0 Å². The van der Waals surface area contributed by atoms with E-state index in [0.717, 1.165) is 12.8 Å². The number of hydrogen-bond acceptors (Lipinski definition) is 3. The molecule has 1 aliphatic carbocycles. The zero-order chi connectivity index (χ0) is 12.3. The zero-order valence-corrected chi connectivity index (χ0v) is 9.50. The molecule has 2 rings (SSSR count). The Bertz CT molecular complexity index is 418. The minimum absolute atomic E-state index is 0.0231. The highest BCUT2D eigenvalue weighted by Crippen LogP contribution is 2.20. The predicted octanol–water partition coefficient (Wildman–Crippen LogP) is 1.49. The molecule has 1 saturated carbocycles. The van der Waals surface area contributed by atoms with Crippen LogP contribution in [0.25, 0.3) is 0 Å². The van der Waals surface area contributed by atoms with Crippen molar-refractivity contribution in [2.24, 2.45) is 0 Å². The molecule has 0 unspecified atom stereocenters. The summed E-state index contributed by atoms with van der Waals surface area (Å²) < 4.78 is 12.9. The van der Waals surface area contributed by atoms with E-state index in [1.165, 1.54) is 18.2 Å². The molecular formula is C12H16FN3O. The number of carbonyl (C=O) groups is 1. The van der Waals surface area contributed by atoms with Crippen LogP contribution in [-0.2, 0) is 4.79 Å². The van der Waals surface area contributed by atoms with Crippen molar-refractivity contribution in [3.05, 3.63) is 24.0 Å². The average molecular weight is 237 g/mol. The third kappa shape index (κ3) is 3.62. The summed E-state index contributed by atoms with van der Waals surface area (Å²) in [4.78, 5) is 11.4. The standard InChI is InChI=1S/C12H16FN3O/c13-8-1-4-10(14)11(7-8)15-6-5-12(17)16-9-2-3-9/h1,4,7,9,15H,2-3,5-6,14H2,(H,16,17). The van der Waals surface area contributed by atoms with Crippen molar-refractivity contribution in [2.75, 3.05) is 17.6 Å². The van der Waals surface area contributed by atoms with E-state index in [9.17, 15) is 9.18 Å². The Balaban J connectivity index is 1.76. The summed E-state index contributed by atoms with van der Waals surface area (Å²) in [6, 6.07) is 4.51. The van der Waals surface area contributed by atoms with Crippen LogP contribution in [0.15, 0.2) is 18.2 Å². The molecule has 0 spiro atoms. The fourth-order valence-corrected chi connectivity index (χ4v) is 1.52. The summed E-state index contributed by atoms with van der Waals surface area (Å²) in [6.45, 7) is 0.451. The molecular weight excluding hydrogens is 221 g/mol. The van der Waals surface area contributed by atoms with Gasteiger partial charge in [-0.3, -0.25) is 4.79 Å². The summed E-state index contributed by atoms with van der Waals surface area (Å²) >= 11 is 0. The van der Waals surface area contributed by atoms with E-state index in [1.54, 1.807) is 0 Å². The highest BCUT2D eigenvalue weighted by molar-refractivity contribution is 5.77. The van der Waals surface area contributed by atoms with Crippen molar-refractivity contribution in [1.82, 2.24) is 5.32 Å². The van der Waals surface area contributed by atoms with Gasteiger partial charge in [0, 0.05) is 19.0 Å². The van der Waals surface area contributed by atoms with Crippen LogP contribution < -0.4 is 16.4 Å². The van der Waals surface area contributed by atoms with E-state index in [1.807, 2.05) is 0 Å². The van der Waals surface area contributed by atoms with Gasteiger partial charge in [-0.25, -0.2) is 4.39 Å². The third-order valence-corrected chi connectivity index (χ3v) is 2.63. The number of nitrogens with one attached hydrogen (secondary N) is 2. The third-order valence-electron chi connectivity index (χ3n) is 2.63.